The molecule has 2 aromatic carbocycles. The van der Waals surface area contributed by atoms with E-state index in [9.17, 15) is 18.0 Å². The first-order valence-electron chi connectivity index (χ1n) is 16.4. The van der Waals surface area contributed by atoms with E-state index in [1.807, 2.05) is 42.4 Å². The second kappa shape index (κ2) is 14.2. The average Bonchev–Trinajstić information content (AvgIpc) is 3.47. The minimum absolute atomic E-state index is 0.00462. The molecular formula is C35H41F3N6O2. The van der Waals surface area contributed by atoms with Crippen molar-refractivity contribution in [3.05, 3.63) is 83.4 Å². The predicted molar refractivity (Wildman–Crippen MR) is 169 cm³/mol. The molecule has 46 heavy (non-hydrogen) atoms. The van der Waals surface area contributed by atoms with Crippen molar-refractivity contribution >= 4 is 16.8 Å². The van der Waals surface area contributed by atoms with Crippen molar-refractivity contribution in [1.82, 2.24) is 29.5 Å². The van der Waals surface area contributed by atoms with Crippen molar-refractivity contribution in [3.63, 3.8) is 0 Å². The third kappa shape index (κ3) is 7.68. The van der Waals surface area contributed by atoms with Crippen LogP contribution in [0.2, 0.25) is 0 Å². The van der Waals surface area contributed by atoms with Crippen LogP contribution in [0.15, 0.2) is 61.1 Å². The SMILES string of the molecule is CCOc1cnc(CC2CCCCC(n3ncc4cc(C(=O)N5CCN(Cc6ccc(C(F)(F)F)cc6)CC5)ccc43)CC2)cn1. The molecule has 1 amide bonds. The summed E-state index contributed by atoms with van der Waals surface area (Å²) in [5.74, 6) is 1.11. The van der Waals surface area contributed by atoms with Crippen molar-refractivity contribution in [3.8, 4) is 5.88 Å². The Morgan fingerprint density at radius 1 is 0.913 bits per heavy atom. The number of carbonyl (C=O) groups excluding carboxylic acids is 1. The fourth-order valence-electron chi connectivity index (χ4n) is 6.77. The molecular weight excluding hydrogens is 593 g/mol. The van der Waals surface area contributed by atoms with Crippen LogP contribution in [0.25, 0.3) is 10.9 Å². The molecule has 6 rings (SSSR count). The smallest absolute Gasteiger partial charge is 0.416 e. The van der Waals surface area contributed by atoms with Crippen LogP contribution in [0.3, 0.4) is 0 Å². The van der Waals surface area contributed by atoms with E-state index in [0.29, 0.717) is 62.7 Å². The van der Waals surface area contributed by atoms with Crippen LogP contribution in [-0.2, 0) is 19.1 Å². The summed E-state index contributed by atoms with van der Waals surface area (Å²) in [5.41, 5.74) is 2.90. The van der Waals surface area contributed by atoms with Crippen molar-refractivity contribution in [1.29, 1.82) is 0 Å². The highest BCUT2D eigenvalue weighted by Crippen LogP contribution is 2.33. The van der Waals surface area contributed by atoms with Gasteiger partial charge in [0.1, 0.15) is 0 Å². The molecule has 8 nitrogen and oxygen atoms in total. The number of ether oxygens (including phenoxy) is 1. The Morgan fingerprint density at radius 2 is 1.70 bits per heavy atom. The van der Waals surface area contributed by atoms with E-state index in [0.717, 1.165) is 66.4 Å². The van der Waals surface area contributed by atoms with E-state index in [2.05, 4.69) is 19.5 Å². The Bertz CT molecular complexity index is 1600. The van der Waals surface area contributed by atoms with E-state index in [1.165, 1.54) is 25.0 Å². The standard InChI is InChI=1S/C35H41F3N6O2/c1-2-46-33-23-39-30(22-40-33)19-25-5-3-4-6-31(13-9-25)44-32-14-10-27(20-28(32)21-41-44)34(45)43-17-15-42(16-18-43)24-26-7-11-29(12-8-26)35(36,37)38/h7-8,10-12,14,20-23,25,31H,2-6,9,13,15-19,24H2,1H3. The van der Waals surface area contributed by atoms with Gasteiger partial charge in [0.15, 0.2) is 0 Å². The molecule has 1 saturated carbocycles. The van der Waals surface area contributed by atoms with Crippen LogP contribution in [0.1, 0.15) is 78.7 Å². The quantitative estimate of drug-likeness (QED) is 0.209. The number of nitrogens with zero attached hydrogens (tertiary/aromatic N) is 6. The Kier molecular flexibility index (Phi) is 9.86. The number of fused-ring (bicyclic) bond motifs is 1. The van der Waals surface area contributed by atoms with Gasteiger partial charge in [-0.3, -0.25) is 19.4 Å². The minimum atomic E-state index is -4.33. The molecule has 2 fully saturated rings. The van der Waals surface area contributed by atoms with Crippen molar-refractivity contribution in [2.24, 2.45) is 5.92 Å². The summed E-state index contributed by atoms with van der Waals surface area (Å²) < 4.78 is 46.2. The number of piperazine rings is 1. The second-order valence-electron chi connectivity index (χ2n) is 12.5. The molecule has 2 aromatic heterocycles. The molecule has 1 aliphatic heterocycles. The monoisotopic (exact) mass is 634 g/mol. The summed E-state index contributed by atoms with van der Waals surface area (Å²) in [6.07, 6.45) is 8.77. The number of hydrogen-bond donors (Lipinski definition) is 0. The summed E-state index contributed by atoms with van der Waals surface area (Å²) in [4.78, 5) is 26.4. The van der Waals surface area contributed by atoms with Crippen LogP contribution < -0.4 is 4.74 Å². The van der Waals surface area contributed by atoms with E-state index in [1.54, 1.807) is 6.20 Å². The summed E-state index contributed by atoms with van der Waals surface area (Å²) in [6.45, 7) is 5.55. The summed E-state index contributed by atoms with van der Waals surface area (Å²) in [7, 11) is 0. The number of hydrogen-bond acceptors (Lipinski definition) is 6. The molecule has 2 atom stereocenters. The maximum absolute atomic E-state index is 13.4. The third-order valence-corrected chi connectivity index (χ3v) is 9.31. The minimum Gasteiger partial charge on any atom is -0.477 e. The van der Waals surface area contributed by atoms with Gasteiger partial charge in [0.25, 0.3) is 5.91 Å². The van der Waals surface area contributed by atoms with Gasteiger partial charge in [0.2, 0.25) is 5.88 Å². The van der Waals surface area contributed by atoms with Crippen LogP contribution >= 0.6 is 0 Å². The van der Waals surface area contributed by atoms with Crippen LogP contribution in [0.5, 0.6) is 5.88 Å². The zero-order chi connectivity index (χ0) is 32.1. The number of alkyl halides is 3. The molecule has 0 bridgehead atoms. The molecule has 0 spiro atoms. The van der Waals surface area contributed by atoms with Gasteiger partial charge in [-0.25, -0.2) is 4.98 Å². The summed E-state index contributed by atoms with van der Waals surface area (Å²) in [5, 5.41) is 5.76. The maximum atomic E-state index is 13.4. The van der Waals surface area contributed by atoms with E-state index < -0.39 is 11.7 Å². The van der Waals surface area contributed by atoms with Crippen LogP contribution in [0.4, 0.5) is 13.2 Å². The highest BCUT2D eigenvalue weighted by atomic mass is 19.4. The van der Waals surface area contributed by atoms with Gasteiger partial charge in [-0.2, -0.15) is 18.3 Å². The van der Waals surface area contributed by atoms with Crippen LogP contribution in [0, 0.1) is 5.92 Å². The topological polar surface area (TPSA) is 76.4 Å². The van der Waals surface area contributed by atoms with Crippen molar-refractivity contribution in [2.75, 3.05) is 32.8 Å². The third-order valence-electron chi connectivity index (χ3n) is 9.31. The fraction of sp³-hybridized carbons (Fsp3) is 0.486. The normalized spacial score (nSPS) is 20.0. The first-order chi connectivity index (χ1) is 22.3. The highest BCUT2D eigenvalue weighted by Gasteiger charge is 2.30. The van der Waals surface area contributed by atoms with E-state index in [-0.39, 0.29) is 5.91 Å². The number of amides is 1. The molecule has 3 heterocycles. The second-order valence-corrected chi connectivity index (χ2v) is 12.5. The number of aromatic nitrogens is 4. The number of benzene rings is 2. The highest BCUT2D eigenvalue weighted by molar-refractivity contribution is 5.98. The summed E-state index contributed by atoms with van der Waals surface area (Å²) in [6, 6.07) is 11.5. The van der Waals surface area contributed by atoms with E-state index in [4.69, 9.17) is 9.84 Å². The van der Waals surface area contributed by atoms with Gasteiger partial charge < -0.3 is 9.64 Å². The zero-order valence-electron chi connectivity index (χ0n) is 26.3. The number of halogens is 3. The zero-order valence-corrected chi connectivity index (χ0v) is 26.3. The molecule has 11 heteroatoms. The van der Waals surface area contributed by atoms with Gasteiger partial charge >= 0.3 is 6.18 Å². The Morgan fingerprint density at radius 3 is 2.41 bits per heavy atom. The van der Waals surface area contributed by atoms with E-state index >= 15 is 0 Å². The molecule has 1 aliphatic carbocycles. The molecule has 0 N–H and O–H groups in total. The Balaban J connectivity index is 1.04. The molecule has 4 aromatic rings. The first-order valence-corrected chi connectivity index (χ1v) is 16.4. The Hall–Kier alpha value is -3.99. The molecule has 0 radical (unpaired) electrons. The lowest BCUT2D eigenvalue weighted by Gasteiger charge is -2.34. The van der Waals surface area contributed by atoms with Crippen molar-refractivity contribution < 1.29 is 22.7 Å². The van der Waals surface area contributed by atoms with Crippen molar-refractivity contribution in [2.45, 2.75) is 70.6 Å². The van der Waals surface area contributed by atoms with Gasteiger partial charge in [-0.1, -0.05) is 31.4 Å². The number of rotatable bonds is 8. The first kappa shape index (κ1) is 32.0. The number of carbonyl (C=O) groups is 1. The lowest BCUT2D eigenvalue weighted by molar-refractivity contribution is -0.137. The van der Waals surface area contributed by atoms with Gasteiger partial charge in [0, 0.05) is 43.7 Å². The lowest BCUT2D eigenvalue weighted by atomic mass is 9.86. The lowest BCUT2D eigenvalue weighted by Crippen LogP contribution is -2.48. The van der Waals surface area contributed by atoms with Gasteiger partial charge in [-0.05, 0) is 74.4 Å². The molecule has 1 saturated heterocycles. The summed E-state index contributed by atoms with van der Waals surface area (Å²) >= 11 is 0. The molecule has 244 valence electrons. The Labute approximate surface area is 267 Å². The van der Waals surface area contributed by atoms with Gasteiger partial charge in [-0.15, -0.1) is 0 Å². The van der Waals surface area contributed by atoms with Crippen LogP contribution in [-0.4, -0.2) is 68.2 Å². The average molecular weight is 635 g/mol. The fourth-order valence-corrected chi connectivity index (χ4v) is 6.77. The molecule has 2 unspecified atom stereocenters. The largest absolute Gasteiger partial charge is 0.477 e. The maximum Gasteiger partial charge on any atom is 0.416 e. The predicted octanol–water partition coefficient (Wildman–Crippen LogP) is 6.96. The molecule has 2 aliphatic rings. The van der Waals surface area contributed by atoms with Gasteiger partial charge in [0.05, 0.1) is 48.0 Å².